The van der Waals surface area contributed by atoms with Gasteiger partial charge in [-0.15, -0.1) is 0 Å². The summed E-state index contributed by atoms with van der Waals surface area (Å²) in [4.78, 5) is 15.0. The van der Waals surface area contributed by atoms with Crippen molar-refractivity contribution in [3.63, 3.8) is 0 Å². The highest BCUT2D eigenvalue weighted by molar-refractivity contribution is 6.03. The molecule has 1 amide bonds. The molecule has 1 unspecified atom stereocenters. The quantitative estimate of drug-likeness (QED) is 0.710. The highest BCUT2D eigenvalue weighted by Gasteiger charge is 2.33. The van der Waals surface area contributed by atoms with E-state index >= 15 is 0 Å². The summed E-state index contributed by atoms with van der Waals surface area (Å²) in [7, 11) is 3.25. The van der Waals surface area contributed by atoms with Crippen molar-refractivity contribution in [2.45, 2.75) is 25.8 Å². The van der Waals surface area contributed by atoms with Gasteiger partial charge in [-0.3, -0.25) is 4.79 Å². The van der Waals surface area contributed by atoms with Gasteiger partial charge in [0.2, 0.25) is 5.91 Å². The molecule has 0 bridgehead atoms. The summed E-state index contributed by atoms with van der Waals surface area (Å²) >= 11 is 0. The van der Waals surface area contributed by atoms with Crippen molar-refractivity contribution in [3.8, 4) is 11.5 Å². The van der Waals surface area contributed by atoms with Crippen molar-refractivity contribution < 1.29 is 19.0 Å². The fourth-order valence-corrected chi connectivity index (χ4v) is 4.04. The fourth-order valence-electron chi connectivity index (χ4n) is 4.04. The van der Waals surface area contributed by atoms with Crippen molar-refractivity contribution in [1.29, 1.82) is 0 Å². The molecule has 0 spiro atoms. The highest BCUT2D eigenvalue weighted by Crippen LogP contribution is 2.37. The van der Waals surface area contributed by atoms with Gasteiger partial charge in [-0.1, -0.05) is 19.1 Å². The van der Waals surface area contributed by atoms with Gasteiger partial charge in [0, 0.05) is 37.7 Å². The average molecular weight is 424 g/mol. The van der Waals surface area contributed by atoms with Crippen molar-refractivity contribution in [3.05, 3.63) is 53.6 Å². The molecular weight excluding hydrogens is 394 g/mol. The lowest BCUT2D eigenvalue weighted by atomic mass is 9.97. The monoisotopic (exact) mass is 423 g/mol. The van der Waals surface area contributed by atoms with Crippen molar-refractivity contribution in [2.24, 2.45) is 5.10 Å². The van der Waals surface area contributed by atoms with Crippen LogP contribution >= 0.6 is 0 Å². The van der Waals surface area contributed by atoms with Crippen molar-refractivity contribution in [1.82, 2.24) is 5.01 Å². The maximum absolute atomic E-state index is 12.7. The number of amides is 1. The van der Waals surface area contributed by atoms with Crippen LogP contribution in [0.3, 0.4) is 0 Å². The molecule has 164 valence electrons. The summed E-state index contributed by atoms with van der Waals surface area (Å²) in [6.45, 7) is 5.18. The number of morpholine rings is 1. The first-order valence-corrected chi connectivity index (χ1v) is 10.7. The zero-order valence-electron chi connectivity index (χ0n) is 18.3. The van der Waals surface area contributed by atoms with E-state index in [4.69, 9.17) is 19.3 Å². The fraction of sp³-hybridized carbons (Fsp3) is 0.417. The van der Waals surface area contributed by atoms with E-state index in [1.54, 1.807) is 19.2 Å². The predicted octanol–water partition coefficient (Wildman–Crippen LogP) is 3.63. The Labute approximate surface area is 183 Å². The lowest BCUT2D eigenvalue weighted by molar-refractivity contribution is -0.132. The van der Waals surface area contributed by atoms with E-state index in [0.717, 1.165) is 43.1 Å². The first-order valence-electron chi connectivity index (χ1n) is 10.7. The van der Waals surface area contributed by atoms with Crippen LogP contribution in [-0.4, -0.2) is 57.2 Å². The largest absolute Gasteiger partial charge is 0.497 e. The topological polar surface area (TPSA) is 63.6 Å². The second-order valence-corrected chi connectivity index (χ2v) is 7.65. The molecule has 0 aliphatic carbocycles. The number of hydrazone groups is 1. The summed E-state index contributed by atoms with van der Waals surface area (Å²) in [6, 6.07) is 14.0. The van der Waals surface area contributed by atoms with E-state index in [-0.39, 0.29) is 11.9 Å². The van der Waals surface area contributed by atoms with Gasteiger partial charge in [-0.2, -0.15) is 5.10 Å². The number of benzene rings is 2. The van der Waals surface area contributed by atoms with Crippen LogP contribution in [0.5, 0.6) is 11.5 Å². The number of ether oxygens (including phenoxy) is 3. The molecule has 2 aliphatic heterocycles. The van der Waals surface area contributed by atoms with Gasteiger partial charge in [-0.05, 0) is 35.4 Å². The van der Waals surface area contributed by atoms with Gasteiger partial charge in [0.05, 0.1) is 39.2 Å². The molecule has 0 radical (unpaired) electrons. The van der Waals surface area contributed by atoms with E-state index < -0.39 is 0 Å². The molecular formula is C24H29N3O4. The molecule has 7 heteroatoms. The number of hydrogen-bond donors (Lipinski definition) is 0. The first-order chi connectivity index (χ1) is 15.1. The number of methoxy groups -OCH3 is 2. The van der Waals surface area contributed by atoms with Crippen molar-refractivity contribution >= 4 is 17.3 Å². The molecule has 2 aliphatic rings. The summed E-state index contributed by atoms with van der Waals surface area (Å²) in [5, 5.41) is 6.34. The van der Waals surface area contributed by atoms with Gasteiger partial charge >= 0.3 is 0 Å². The molecule has 0 saturated carbocycles. The summed E-state index contributed by atoms with van der Waals surface area (Å²) in [6.07, 6.45) is 1.03. The lowest BCUT2D eigenvalue weighted by Gasteiger charge is -2.28. The predicted molar refractivity (Wildman–Crippen MR) is 120 cm³/mol. The Kier molecular flexibility index (Phi) is 6.42. The molecule has 1 atom stereocenters. The standard InChI is InChI=1S/C24H29N3O4/c1-4-24(28)27-23(18-13-20(29-2)15-21(14-18)30-3)16-22(25-27)17-5-7-19(8-6-17)26-9-11-31-12-10-26/h5-8,13-15,23H,4,9-12,16H2,1-3H3. The number of rotatable bonds is 6. The molecule has 0 aromatic heterocycles. The summed E-state index contributed by atoms with van der Waals surface area (Å²) in [5.74, 6) is 1.38. The molecule has 0 N–H and O–H groups in total. The van der Waals surface area contributed by atoms with Crippen LogP contribution < -0.4 is 14.4 Å². The molecule has 1 fully saturated rings. The Hall–Kier alpha value is -3.06. The molecule has 2 heterocycles. The number of nitrogens with zero attached hydrogens (tertiary/aromatic N) is 3. The van der Waals surface area contributed by atoms with Gasteiger partial charge in [-0.25, -0.2) is 5.01 Å². The maximum atomic E-state index is 12.7. The average Bonchev–Trinajstić information content (AvgIpc) is 3.29. The second kappa shape index (κ2) is 9.39. The molecule has 4 rings (SSSR count). The third-order valence-corrected chi connectivity index (χ3v) is 5.80. The van der Waals surface area contributed by atoms with Crippen LogP contribution in [0.2, 0.25) is 0 Å². The Morgan fingerprint density at radius 2 is 1.71 bits per heavy atom. The zero-order chi connectivity index (χ0) is 21.8. The lowest BCUT2D eigenvalue weighted by Crippen LogP contribution is -2.36. The zero-order valence-corrected chi connectivity index (χ0v) is 18.3. The first kappa shape index (κ1) is 21.2. The third-order valence-electron chi connectivity index (χ3n) is 5.80. The van der Waals surface area contributed by atoms with Gasteiger partial charge in [0.15, 0.2) is 0 Å². The van der Waals surface area contributed by atoms with Crippen LogP contribution in [0.15, 0.2) is 47.6 Å². The highest BCUT2D eigenvalue weighted by atomic mass is 16.5. The smallest absolute Gasteiger partial charge is 0.242 e. The van der Waals surface area contributed by atoms with E-state index in [1.807, 2.05) is 25.1 Å². The number of carbonyl (C=O) groups excluding carboxylic acids is 1. The maximum Gasteiger partial charge on any atom is 0.242 e. The Morgan fingerprint density at radius 3 is 2.29 bits per heavy atom. The Balaban J connectivity index is 1.60. The Bertz CT molecular complexity index is 930. The van der Waals surface area contributed by atoms with Crippen LogP contribution in [0.4, 0.5) is 5.69 Å². The minimum Gasteiger partial charge on any atom is -0.497 e. The van der Waals surface area contributed by atoms with Crippen LogP contribution in [0.25, 0.3) is 0 Å². The minimum atomic E-state index is -0.189. The normalized spacial score (nSPS) is 18.7. The van der Waals surface area contributed by atoms with E-state index in [0.29, 0.717) is 24.3 Å². The second-order valence-electron chi connectivity index (χ2n) is 7.65. The van der Waals surface area contributed by atoms with E-state index in [2.05, 4.69) is 29.2 Å². The molecule has 7 nitrogen and oxygen atoms in total. The molecule has 2 aromatic carbocycles. The molecule has 1 saturated heterocycles. The summed E-state index contributed by atoms with van der Waals surface area (Å²) < 4.78 is 16.3. The SMILES string of the molecule is CCC(=O)N1N=C(c2ccc(N3CCOCC3)cc2)CC1c1cc(OC)cc(OC)c1. The molecule has 31 heavy (non-hydrogen) atoms. The van der Waals surface area contributed by atoms with Gasteiger partial charge in [0.25, 0.3) is 0 Å². The van der Waals surface area contributed by atoms with Crippen LogP contribution in [0, 0.1) is 0 Å². The van der Waals surface area contributed by atoms with Gasteiger partial charge < -0.3 is 19.1 Å². The number of anilines is 1. The molecule has 2 aromatic rings. The van der Waals surface area contributed by atoms with E-state index in [1.165, 1.54) is 5.69 Å². The Morgan fingerprint density at radius 1 is 1.06 bits per heavy atom. The minimum absolute atomic E-state index is 0.00766. The van der Waals surface area contributed by atoms with Gasteiger partial charge in [0.1, 0.15) is 11.5 Å². The summed E-state index contributed by atoms with van der Waals surface area (Å²) in [5.41, 5.74) is 4.06. The van der Waals surface area contributed by atoms with Crippen LogP contribution in [0.1, 0.15) is 36.9 Å². The van der Waals surface area contributed by atoms with Crippen LogP contribution in [-0.2, 0) is 9.53 Å². The third kappa shape index (κ3) is 4.51. The van der Waals surface area contributed by atoms with E-state index in [9.17, 15) is 4.79 Å². The number of hydrogen-bond acceptors (Lipinski definition) is 6. The van der Waals surface area contributed by atoms with Crippen molar-refractivity contribution in [2.75, 3.05) is 45.4 Å². The number of carbonyl (C=O) groups is 1.